The molecule has 1 heterocycles. The minimum atomic E-state index is -1.10. The van der Waals surface area contributed by atoms with Crippen molar-refractivity contribution in [1.82, 2.24) is 0 Å². The van der Waals surface area contributed by atoms with Gasteiger partial charge in [0.1, 0.15) is 0 Å². The first-order valence-electron chi connectivity index (χ1n) is 4.32. The van der Waals surface area contributed by atoms with Gasteiger partial charge in [0.2, 0.25) is 5.78 Å². The summed E-state index contributed by atoms with van der Waals surface area (Å²) in [4.78, 5) is 23.3. The molecule has 0 spiro atoms. The Balaban J connectivity index is 2.88. The molecule has 82 valence electrons. The smallest absolute Gasteiger partial charge is 0.303 e. The van der Waals surface area contributed by atoms with Crippen LogP contribution >= 0.6 is 27.3 Å². The van der Waals surface area contributed by atoms with Gasteiger partial charge in [-0.3, -0.25) is 9.59 Å². The number of carbonyl (C=O) groups is 2. The van der Waals surface area contributed by atoms with Crippen molar-refractivity contribution in [2.45, 2.75) is 26.4 Å². The number of ether oxygens (including phenoxy) is 1. The van der Waals surface area contributed by atoms with Gasteiger partial charge in [-0.15, -0.1) is 11.3 Å². The van der Waals surface area contributed by atoms with Crippen LogP contribution < -0.4 is 0 Å². The fraction of sp³-hybridized carbons (Fsp3) is 0.400. The number of halogens is 1. The number of carbonyl (C=O) groups excluding carboxylic acids is 2. The molecule has 1 aromatic rings. The third-order valence-corrected chi connectivity index (χ3v) is 3.37. The number of rotatable bonds is 3. The molecule has 0 radical (unpaired) electrons. The molecule has 3 nitrogen and oxygen atoms in total. The molecule has 0 unspecified atom stereocenters. The van der Waals surface area contributed by atoms with Gasteiger partial charge in [-0.25, -0.2) is 0 Å². The average Bonchev–Trinajstić information content (AvgIpc) is 2.48. The van der Waals surface area contributed by atoms with Gasteiger partial charge in [-0.2, -0.15) is 0 Å². The second-order valence-electron chi connectivity index (χ2n) is 3.54. The molecule has 0 aliphatic heterocycles. The van der Waals surface area contributed by atoms with Crippen LogP contribution in [0.5, 0.6) is 0 Å². The van der Waals surface area contributed by atoms with Crippen molar-refractivity contribution in [3.05, 3.63) is 20.8 Å². The van der Waals surface area contributed by atoms with Crippen LogP contribution in [0.1, 0.15) is 30.4 Å². The zero-order valence-corrected chi connectivity index (χ0v) is 11.1. The molecule has 0 aliphatic carbocycles. The van der Waals surface area contributed by atoms with Crippen LogP contribution in [-0.4, -0.2) is 17.4 Å². The highest BCUT2D eigenvalue weighted by Gasteiger charge is 2.32. The fourth-order valence-electron chi connectivity index (χ4n) is 1.14. The number of thiophene rings is 1. The quantitative estimate of drug-likeness (QED) is 0.635. The van der Waals surface area contributed by atoms with Crippen LogP contribution in [0.25, 0.3) is 0 Å². The topological polar surface area (TPSA) is 43.4 Å². The molecule has 0 saturated heterocycles. The summed E-state index contributed by atoms with van der Waals surface area (Å²) >= 11 is 4.60. The fourth-order valence-corrected chi connectivity index (χ4v) is 2.61. The predicted octanol–water partition coefficient (Wildman–Crippen LogP) is 3.04. The first-order chi connectivity index (χ1) is 6.83. The van der Waals surface area contributed by atoms with Crippen molar-refractivity contribution in [2.75, 3.05) is 0 Å². The lowest BCUT2D eigenvalue weighted by Gasteiger charge is -2.21. The highest BCUT2D eigenvalue weighted by atomic mass is 79.9. The van der Waals surface area contributed by atoms with Gasteiger partial charge >= 0.3 is 5.97 Å². The molecule has 0 aromatic carbocycles. The summed E-state index contributed by atoms with van der Waals surface area (Å²) < 4.78 is 5.85. The van der Waals surface area contributed by atoms with Crippen molar-refractivity contribution in [2.24, 2.45) is 0 Å². The van der Waals surface area contributed by atoms with Crippen molar-refractivity contribution in [3.8, 4) is 0 Å². The molecule has 0 N–H and O–H groups in total. The Labute approximate surface area is 101 Å². The van der Waals surface area contributed by atoms with Gasteiger partial charge in [0.05, 0.1) is 8.66 Å². The van der Waals surface area contributed by atoms with E-state index in [9.17, 15) is 9.59 Å². The summed E-state index contributed by atoms with van der Waals surface area (Å²) in [5.74, 6) is -0.641. The molecule has 0 aliphatic rings. The first kappa shape index (κ1) is 12.4. The number of hydrogen-bond acceptors (Lipinski definition) is 4. The summed E-state index contributed by atoms with van der Waals surface area (Å²) in [6.07, 6.45) is 0. The molecule has 1 rings (SSSR count). The van der Waals surface area contributed by atoms with E-state index in [1.165, 1.54) is 18.3 Å². The number of Topliss-reactive ketones (excluding diaryl/α,β-unsaturated/α-hetero) is 1. The summed E-state index contributed by atoms with van der Waals surface area (Å²) in [5.41, 5.74) is -1.10. The largest absolute Gasteiger partial charge is 0.451 e. The van der Waals surface area contributed by atoms with Gasteiger partial charge in [-0.1, -0.05) is 0 Å². The Morgan fingerprint density at radius 2 is 2.00 bits per heavy atom. The Hall–Kier alpha value is -0.680. The Kier molecular flexibility index (Phi) is 3.67. The predicted molar refractivity (Wildman–Crippen MR) is 62.2 cm³/mol. The first-order valence-corrected chi connectivity index (χ1v) is 5.93. The molecule has 0 bridgehead atoms. The molecule has 0 atom stereocenters. The van der Waals surface area contributed by atoms with E-state index in [-0.39, 0.29) is 5.78 Å². The van der Waals surface area contributed by atoms with Crippen LogP contribution in [-0.2, 0) is 9.53 Å². The third-order valence-electron chi connectivity index (χ3n) is 1.74. The van der Waals surface area contributed by atoms with E-state index in [1.54, 1.807) is 26.0 Å². The number of esters is 1. The van der Waals surface area contributed by atoms with Gasteiger partial charge in [0, 0.05) is 6.92 Å². The molecule has 0 fully saturated rings. The second kappa shape index (κ2) is 4.45. The standard InChI is InChI=1S/C10H11BrO3S/c1-6(12)14-10(2,3)9(13)7-4-5-8(11)15-7/h4-5H,1-3H3. The summed E-state index contributed by atoms with van der Waals surface area (Å²) in [6.45, 7) is 4.47. The lowest BCUT2D eigenvalue weighted by molar-refractivity contribution is -0.149. The molecule has 15 heavy (non-hydrogen) atoms. The van der Waals surface area contributed by atoms with Gasteiger partial charge < -0.3 is 4.74 Å². The summed E-state index contributed by atoms with van der Waals surface area (Å²) in [6, 6.07) is 3.50. The maximum absolute atomic E-state index is 11.9. The van der Waals surface area contributed by atoms with Crippen molar-refractivity contribution in [3.63, 3.8) is 0 Å². The molecule has 0 saturated carbocycles. The Morgan fingerprint density at radius 1 is 1.40 bits per heavy atom. The lowest BCUT2D eigenvalue weighted by atomic mass is 10.0. The van der Waals surface area contributed by atoms with Crippen LogP contribution in [0.3, 0.4) is 0 Å². The van der Waals surface area contributed by atoms with Crippen LogP contribution in [0.4, 0.5) is 0 Å². The van der Waals surface area contributed by atoms with Gasteiger partial charge in [-0.05, 0) is 41.9 Å². The maximum atomic E-state index is 11.9. The molecule has 1 aromatic heterocycles. The van der Waals surface area contributed by atoms with E-state index in [0.29, 0.717) is 4.88 Å². The van der Waals surface area contributed by atoms with E-state index in [2.05, 4.69) is 15.9 Å². The zero-order valence-electron chi connectivity index (χ0n) is 8.67. The van der Waals surface area contributed by atoms with E-state index >= 15 is 0 Å². The molecule has 5 heteroatoms. The van der Waals surface area contributed by atoms with E-state index in [4.69, 9.17) is 4.74 Å². The van der Waals surface area contributed by atoms with E-state index in [1.807, 2.05) is 0 Å². The Morgan fingerprint density at radius 3 is 2.40 bits per heavy atom. The van der Waals surface area contributed by atoms with Gasteiger partial charge in [0.25, 0.3) is 0 Å². The van der Waals surface area contributed by atoms with Crippen LogP contribution in [0.15, 0.2) is 15.9 Å². The maximum Gasteiger partial charge on any atom is 0.303 e. The van der Waals surface area contributed by atoms with Crippen molar-refractivity contribution < 1.29 is 14.3 Å². The van der Waals surface area contributed by atoms with E-state index in [0.717, 1.165) is 3.79 Å². The van der Waals surface area contributed by atoms with Crippen LogP contribution in [0, 0.1) is 0 Å². The van der Waals surface area contributed by atoms with Crippen molar-refractivity contribution in [1.29, 1.82) is 0 Å². The zero-order chi connectivity index (χ0) is 11.6. The molecular weight excluding hydrogens is 280 g/mol. The molecular formula is C10H11BrO3S. The third kappa shape index (κ3) is 3.14. The highest BCUT2D eigenvalue weighted by molar-refractivity contribution is 9.11. The molecule has 0 amide bonds. The minimum Gasteiger partial charge on any atom is -0.451 e. The van der Waals surface area contributed by atoms with Crippen molar-refractivity contribution >= 4 is 39.0 Å². The van der Waals surface area contributed by atoms with Crippen LogP contribution in [0.2, 0.25) is 0 Å². The van der Waals surface area contributed by atoms with E-state index < -0.39 is 11.6 Å². The summed E-state index contributed by atoms with van der Waals surface area (Å²) in [7, 11) is 0. The monoisotopic (exact) mass is 290 g/mol. The SMILES string of the molecule is CC(=O)OC(C)(C)C(=O)c1ccc(Br)s1. The normalized spacial score (nSPS) is 11.2. The highest BCUT2D eigenvalue weighted by Crippen LogP contribution is 2.27. The summed E-state index contributed by atoms with van der Waals surface area (Å²) in [5, 5.41) is 0. The minimum absolute atomic E-state index is 0.187. The lowest BCUT2D eigenvalue weighted by Crippen LogP contribution is -2.36. The second-order valence-corrected chi connectivity index (χ2v) is 6.00. The Bertz CT molecular complexity index is 395. The average molecular weight is 291 g/mol. The van der Waals surface area contributed by atoms with Gasteiger partial charge in [0.15, 0.2) is 5.60 Å². The number of hydrogen-bond donors (Lipinski definition) is 0. The number of ketones is 1.